The van der Waals surface area contributed by atoms with Gasteiger partial charge in [-0.1, -0.05) is 38.3 Å². The van der Waals surface area contributed by atoms with Gasteiger partial charge in [0.15, 0.2) is 0 Å². The zero-order chi connectivity index (χ0) is 10.2. The Morgan fingerprint density at radius 2 is 1.69 bits per heavy atom. The van der Waals surface area contributed by atoms with Crippen LogP contribution in [0.4, 0.5) is 13.2 Å². The Morgan fingerprint density at radius 3 is 2.23 bits per heavy atom. The van der Waals surface area contributed by atoms with Crippen molar-refractivity contribution in [3.05, 3.63) is 12.2 Å². The first-order valence-electron chi connectivity index (χ1n) is 4.78. The van der Waals surface area contributed by atoms with Crippen molar-refractivity contribution in [3.63, 3.8) is 0 Å². The predicted molar refractivity (Wildman–Crippen MR) is 48.6 cm³/mol. The van der Waals surface area contributed by atoms with Crippen LogP contribution in [0.1, 0.15) is 45.4 Å². The number of unbranched alkanes of at least 4 members (excludes halogenated alkanes) is 4. The van der Waals surface area contributed by atoms with E-state index in [2.05, 4.69) is 6.92 Å². The third-order valence-corrected chi connectivity index (χ3v) is 1.74. The summed E-state index contributed by atoms with van der Waals surface area (Å²) in [6.07, 6.45) is 3.24. The zero-order valence-electron chi connectivity index (χ0n) is 8.03. The van der Waals surface area contributed by atoms with Gasteiger partial charge in [-0.2, -0.15) is 13.2 Å². The molecule has 0 unspecified atom stereocenters. The van der Waals surface area contributed by atoms with Gasteiger partial charge in [0, 0.05) is 0 Å². The van der Waals surface area contributed by atoms with Crippen LogP contribution in [0.5, 0.6) is 0 Å². The minimum absolute atomic E-state index is 0.774. The Bertz CT molecular complexity index is 136. The fourth-order valence-electron chi connectivity index (χ4n) is 1.02. The van der Waals surface area contributed by atoms with Gasteiger partial charge in [0.25, 0.3) is 0 Å². The Morgan fingerprint density at radius 1 is 1.00 bits per heavy atom. The van der Waals surface area contributed by atoms with E-state index >= 15 is 0 Å². The van der Waals surface area contributed by atoms with Crippen LogP contribution in [0.2, 0.25) is 0 Å². The number of halogens is 3. The van der Waals surface area contributed by atoms with E-state index < -0.39 is 12.6 Å². The highest BCUT2D eigenvalue weighted by atomic mass is 19.4. The minimum atomic E-state index is -4.04. The molecule has 13 heavy (non-hydrogen) atoms. The van der Waals surface area contributed by atoms with Crippen LogP contribution in [0.25, 0.3) is 0 Å². The highest BCUT2D eigenvalue weighted by Crippen LogP contribution is 2.19. The van der Waals surface area contributed by atoms with E-state index in [1.807, 2.05) is 0 Å². The monoisotopic (exact) mass is 194 g/mol. The van der Waals surface area contributed by atoms with E-state index in [4.69, 9.17) is 0 Å². The first kappa shape index (κ1) is 12.5. The fraction of sp³-hybridized carbons (Fsp3) is 0.800. The number of hydrogen-bond donors (Lipinski definition) is 0. The lowest BCUT2D eigenvalue weighted by molar-refractivity contribution is -0.125. The standard InChI is InChI=1S/C10H17F3/c1-2-3-4-5-6-7-8-9-10(11,12)13/h7-8H,2-6,9H2,1H3/b8-7+. The molecule has 0 N–H and O–H groups in total. The van der Waals surface area contributed by atoms with Gasteiger partial charge in [-0.3, -0.25) is 0 Å². The van der Waals surface area contributed by atoms with Crippen molar-refractivity contribution in [2.24, 2.45) is 0 Å². The fourth-order valence-corrected chi connectivity index (χ4v) is 1.02. The second-order valence-electron chi connectivity index (χ2n) is 3.14. The number of allylic oxidation sites excluding steroid dienone is 2. The molecule has 0 bridgehead atoms. The van der Waals surface area contributed by atoms with Crippen LogP contribution >= 0.6 is 0 Å². The maximum Gasteiger partial charge on any atom is 0.392 e. The van der Waals surface area contributed by atoms with Crippen LogP contribution in [-0.2, 0) is 0 Å². The smallest absolute Gasteiger partial charge is 0.171 e. The van der Waals surface area contributed by atoms with E-state index in [0.717, 1.165) is 25.7 Å². The zero-order valence-corrected chi connectivity index (χ0v) is 8.03. The summed E-state index contributed by atoms with van der Waals surface area (Å²) in [6, 6.07) is 0. The van der Waals surface area contributed by atoms with Gasteiger partial charge < -0.3 is 0 Å². The van der Waals surface area contributed by atoms with E-state index in [9.17, 15) is 13.2 Å². The first-order chi connectivity index (χ1) is 6.06. The predicted octanol–water partition coefficient (Wildman–Crippen LogP) is 4.47. The lowest BCUT2D eigenvalue weighted by Crippen LogP contribution is -2.03. The largest absolute Gasteiger partial charge is 0.392 e. The van der Waals surface area contributed by atoms with Crippen LogP contribution in [0.15, 0.2) is 12.2 Å². The lowest BCUT2D eigenvalue weighted by atomic mass is 10.1. The summed E-state index contributed by atoms with van der Waals surface area (Å²) in [5.41, 5.74) is 0. The molecule has 0 aliphatic rings. The summed E-state index contributed by atoms with van der Waals surface area (Å²) in [5, 5.41) is 0. The summed E-state index contributed by atoms with van der Waals surface area (Å²) >= 11 is 0. The minimum Gasteiger partial charge on any atom is -0.171 e. The highest BCUT2D eigenvalue weighted by Gasteiger charge is 2.24. The highest BCUT2D eigenvalue weighted by molar-refractivity contribution is 4.83. The van der Waals surface area contributed by atoms with Gasteiger partial charge in [-0.15, -0.1) is 0 Å². The van der Waals surface area contributed by atoms with Crippen molar-refractivity contribution < 1.29 is 13.2 Å². The third kappa shape index (κ3) is 11.5. The molecule has 78 valence electrons. The molecule has 0 fully saturated rings. The first-order valence-corrected chi connectivity index (χ1v) is 4.78. The van der Waals surface area contributed by atoms with Crippen molar-refractivity contribution in [1.29, 1.82) is 0 Å². The molecule has 0 radical (unpaired) electrons. The Kier molecular flexibility index (Phi) is 6.73. The van der Waals surface area contributed by atoms with Gasteiger partial charge in [-0.05, 0) is 12.8 Å². The summed E-state index contributed by atoms with van der Waals surface area (Å²) < 4.78 is 34.9. The molecule has 0 aliphatic heterocycles. The maximum absolute atomic E-state index is 11.6. The topological polar surface area (TPSA) is 0 Å². The lowest BCUT2D eigenvalue weighted by Gasteiger charge is -2.00. The average molecular weight is 194 g/mol. The number of hydrogen-bond acceptors (Lipinski definition) is 0. The Balaban J connectivity index is 3.22. The molecule has 0 saturated heterocycles. The van der Waals surface area contributed by atoms with Crippen molar-refractivity contribution in [2.75, 3.05) is 0 Å². The molecule has 0 aromatic carbocycles. The van der Waals surface area contributed by atoms with Crippen molar-refractivity contribution in [1.82, 2.24) is 0 Å². The van der Waals surface area contributed by atoms with Crippen molar-refractivity contribution >= 4 is 0 Å². The van der Waals surface area contributed by atoms with E-state index in [0.29, 0.717) is 0 Å². The molecular weight excluding hydrogens is 177 g/mol. The summed E-state index contributed by atoms with van der Waals surface area (Å²) in [4.78, 5) is 0. The normalized spacial score (nSPS) is 12.6. The molecule has 0 aliphatic carbocycles. The number of rotatable bonds is 6. The van der Waals surface area contributed by atoms with Crippen LogP contribution in [0.3, 0.4) is 0 Å². The molecule has 0 atom stereocenters. The SMILES string of the molecule is CCCCCC/C=C/CC(F)(F)F. The molecule has 0 spiro atoms. The second kappa shape index (κ2) is 6.98. The van der Waals surface area contributed by atoms with Crippen molar-refractivity contribution in [3.8, 4) is 0 Å². The summed E-state index contributed by atoms with van der Waals surface area (Å²) in [6.45, 7) is 2.11. The molecule has 0 aromatic heterocycles. The molecule has 3 heteroatoms. The average Bonchev–Trinajstić information content (AvgIpc) is 2.01. The maximum atomic E-state index is 11.6. The van der Waals surface area contributed by atoms with E-state index in [1.165, 1.54) is 12.5 Å². The van der Waals surface area contributed by atoms with Gasteiger partial charge in [0.2, 0.25) is 0 Å². The van der Waals surface area contributed by atoms with Crippen LogP contribution in [0, 0.1) is 0 Å². The van der Waals surface area contributed by atoms with Crippen LogP contribution in [-0.4, -0.2) is 6.18 Å². The van der Waals surface area contributed by atoms with Crippen LogP contribution < -0.4 is 0 Å². The van der Waals surface area contributed by atoms with Crippen molar-refractivity contribution in [2.45, 2.75) is 51.6 Å². The summed E-state index contributed by atoms with van der Waals surface area (Å²) in [7, 11) is 0. The number of alkyl halides is 3. The van der Waals surface area contributed by atoms with Gasteiger partial charge in [-0.25, -0.2) is 0 Å². The molecular formula is C10H17F3. The van der Waals surface area contributed by atoms with E-state index in [1.54, 1.807) is 6.08 Å². The molecule has 0 nitrogen and oxygen atoms in total. The summed E-state index contributed by atoms with van der Waals surface area (Å²) in [5.74, 6) is 0. The van der Waals surface area contributed by atoms with Gasteiger partial charge >= 0.3 is 6.18 Å². The molecule has 0 rings (SSSR count). The quantitative estimate of drug-likeness (QED) is 0.432. The van der Waals surface area contributed by atoms with E-state index in [-0.39, 0.29) is 0 Å². The van der Waals surface area contributed by atoms with Gasteiger partial charge in [0.05, 0.1) is 6.42 Å². The third-order valence-electron chi connectivity index (χ3n) is 1.74. The molecule has 0 heterocycles. The molecule has 0 saturated carbocycles. The molecule has 0 aromatic rings. The van der Waals surface area contributed by atoms with Gasteiger partial charge in [0.1, 0.15) is 0 Å². The second-order valence-corrected chi connectivity index (χ2v) is 3.14. The molecule has 0 amide bonds. The Labute approximate surface area is 77.8 Å². The Hall–Kier alpha value is -0.470.